The fourth-order valence-corrected chi connectivity index (χ4v) is 0.720. The maximum atomic E-state index is 5.10. The average Bonchev–Trinajstić information content (AvgIpc) is 2.05. The Kier molecular flexibility index (Phi) is 5.46. The molecular weight excluding hydrogens is 142 g/mol. The fourth-order valence-electron chi connectivity index (χ4n) is 0.720. The van der Waals surface area contributed by atoms with E-state index in [2.05, 4.69) is 12.2 Å². The molecule has 0 radical (unpaired) electrons. The van der Waals surface area contributed by atoms with Crippen LogP contribution in [0.4, 0.5) is 0 Å². The largest absolute Gasteiger partial charge is 0.341 e. The molecule has 11 heavy (non-hydrogen) atoms. The molecule has 0 atom stereocenters. The number of rotatable bonds is 6. The van der Waals surface area contributed by atoms with Gasteiger partial charge in [-0.25, -0.2) is 0 Å². The number of unbranched alkanes of at least 4 members (excludes halogenated alkanes) is 1. The number of hydrogen-bond acceptors (Lipinski definition) is 3. The van der Waals surface area contributed by atoms with Gasteiger partial charge in [0.05, 0.1) is 0 Å². The molecule has 3 heteroatoms. The number of hydrogen-bond donors (Lipinski definition) is 1. The third-order valence-corrected chi connectivity index (χ3v) is 1.76. The van der Waals surface area contributed by atoms with Gasteiger partial charge < -0.3 is 9.47 Å². The molecule has 0 saturated carbocycles. The summed E-state index contributed by atoms with van der Waals surface area (Å²) in [5, 5.41) is 3.15. The molecule has 0 aliphatic heterocycles. The Morgan fingerprint density at radius 1 is 1.27 bits per heavy atom. The van der Waals surface area contributed by atoms with Gasteiger partial charge in [0, 0.05) is 27.7 Å². The number of nitrogens with one attached hydrogen (secondary N) is 1. The summed E-state index contributed by atoms with van der Waals surface area (Å²) in [6, 6.07) is 0. The van der Waals surface area contributed by atoms with Gasteiger partial charge in [-0.15, -0.1) is 0 Å². The minimum atomic E-state index is -0.616. The second kappa shape index (κ2) is 5.52. The quantitative estimate of drug-likeness (QED) is 0.471. The highest BCUT2D eigenvalue weighted by Crippen LogP contribution is 2.04. The van der Waals surface area contributed by atoms with Crippen LogP contribution >= 0.6 is 0 Å². The van der Waals surface area contributed by atoms with Crippen LogP contribution in [0.25, 0.3) is 0 Å². The van der Waals surface area contributed by atoms with Crippen LogP contribution in [0.2, 0.25) is 0 Å². The maximum absolute atomic E-state index is 5.10. The molecule has 0 spiro atoms. The Labute approximate surface area is 69.1 Å². The van der Waals surface area contributed by atoms with E-state index in [1.807, 2.05) is 6.92 Å². The lowest BCUT2D eigenvalue weighted by Gasteiger charge is -2.27. The molecule has 0 aromatic rings. The Balaban J connectivity index is 3.51. The summed E-state index contributed by atoms with van der Waals surface area (Å²) in [6.07, 6.45) is 2.32. The van der Waals surface area contributed by atoms with Gasteiger partial charge in [-0.1, -0.05) is 13.3 Å². The molecule has 3 nitrogen and oxygen atoms in total. The molecule has 0 unspecified atom stereocenters. The van der Waals surface area contributed by atoms with Crippen molar-refractivity contribution >= 4 is 0 Å². The first-order chi connectivity index (χ1) is 5.18. The summed E-state index contributed by atoms with van der Waals surface area (Å²) in [4.78, 5) is 0. The summed E-state index contributed by atoms with van der Waals surface area (Å²) in [7, 11) is 3.25. The first-order valence-corrected chi connectivity index (χ1v) is 4.04. The van der Waals surface area contributed by atoms with Crippen LogP contribution < -0.4 is 5.32 Å². The van der Waals surface area contributed by atoms with Crippen LogP contribution in [0.1, 0.15) is 26.7 Å². The predicted octanol–water partition coefficient (Wildman–Crippen LogP) is 1.34. The van der Waals surface area contributed by atoms with Crippen molar-refractivity contribution in [1.29, 1.82) is 0 Å². The number of methoxy groups -OCH3 is 2. The molecule has 0 aromatic carbocycles. The molecule has 0 saturated heterocycles. The molecule has 0 rings (SSSR count). The molecule has 1 N–H and O–H groups in total. The van der Waals surface area contributed by atoms with Crippen molar-refractivity contribution in [3.8, 4) is 0 Å². The van der Waals surface area contributed by atoms with Crippen molar-refractivity contribution in [3.63, 3.8) is 0 Å². The van der Waals surface area contributed by atoms with E-state index in [1.54, 1.807) is 14.2 Å². The SMILES string of the molecule is CCCCNC(C)(OC)OC. The van der Waals surface area contributed by atoms with Crippen molar-refractivity contribution in [2.45, 2.75) is 32.6 Å². The van der Waals surface area contributed by atoms with Crippen LogP contribution in [0.15, 0.2) is 0 Å². The molecule has 0 aliphatic carbocycles. The van der Waals surface area contributed by atoms with E-state index in [9.17, 15) is 0 Å². The van der Waals surface area contributed by atoms with E-state index in [1.165, 1.54) is 6.42 Å². The van der Waals surface area contributed by atoms with Gasteiger partial charge in [0.2, 0.25) is 5.91 Å². The highest BCUT2D eigenvalue weighted by molar-refractivity contribution is 4.57. The minimum absolute atomic E-state index is 0.616. The number of ether oxygens (including phenoxy) is 2. The third kappa shape index (κ3) is 4.35. The van der Waals surface area contributed by atoms with Crippen molar-refractivity contribution in [3.05, 3.63) is 0 Å². The molecule has 0 fully saturated rings. The lowest BCUT2D eigenvalue weighted by Crippen LogP contribution is -2.46. The zero-order valence-corrected chi connectivity index (χ0v) is 7.94. The average molecular weight is 161 g/mol. The topological polar surface area (TPSA) is 30.5 Å². The van der Waals surface area contributed by atoms with Crippen molar-refractivity contribution < 1.29 is 9.47 Å². The van der Waals surface area contributed by atoms with Gasteiger partial charge in [0.15, 0.2) is 0 Å². The fraction of sp³-hybridized carbons (Fsp3) is 1.00. The van der Waals surface area contributed by atoms with Crippen LogP contribution in [-0.4, -0.2) is 26.7 Å². The molecule has 0 aliphatic rings. The van der Waals surface area contributed by atoms with Crippen LogP contribution in [-0.2, 0) is 9.47 Å². The van der Waals surface area contributed by atoms with E-state index in [-0.39, 0.29) is 0 Å². The molecule has 0 bridgehead atoms. The summed E-state index contributed by atoms with van der Waals surface area (Å²) < 4.78 is 10.2. The minimum Gasteiger partial charge on any atom is -0.341 e. The second-order valence-corrected chi connectivity index (χ2v) is 2.63. The lowest BCUT2D eigenvalue weighted by molar-refractivity contribution is -0.214. The van der Waals surface area contributed by atoms with E-state index >= 15 is 0 Å². The molecule has 0 aromatic heterocycles. The zero-order valence-electron chi connectivity index (χ0n) is 7.94. The van der Waals surface area contributed by atoms with Gasteiger partial charge in [0.1, 0.15) is 0 Å². The van der Waals surface area contributed by atoms with Crippen molar-refractivity contribution in [2.75, 3.05) is 20.8 Å². The summed E-state index contributed by atoms with van der Waals surface area (Å²) in [5.41, 5.74) is 0. The van der Waals surface area contributed by atoms with E-state index < -0.39 is 5.91 Å². The zero-order chi connectivity index (χ0) is 8.74. The van der Waals surface area contributed by atoms with Gasteiger partial charge in [0.25, 0.3) is 0 Å². The van der Waals surface area contributed by atoms with Crippen molar-refractivity contribution in [2.24, 2.45) is 0 Å². The van der Waals surface area contributed by atoms with Gasteiger partial charge >= 0.3 is 0 Å². The maximum Gasteiger partial charge on any atom is 0.223 e. The molecular formula is C8H19NO2. The Hall–Kier alpha value is -0.120. The first kappa shape index (κ1) is 10.9. The lowest BCUT2D eigenvalue weighted by atomic mass is 10.3. The van der Waals surface area contributed by atoms with E-state index in [4.69, 9.17) is 9.47 Å². The third-order valence-electron chi connectivity index (χ3n) is 1.76. The highest BCUT2D eigenvalue weighted by Gasteiger charge is 2.20. The first-order valence-electron chi connectivity index (χ1n) is 4.04. The van der Waals surface area contributed by atoms with E-state index in [0.29, 0.717) is 0 Å². The Morgan fingerprint density at radius 2 is 1.82 bits per heavy atom. The van der Waals surface area contributed by atoms with Crippen LogP contribution in [0, 0.1) is 0 Å². The molecule has 0 heterocycles. The smallest absolute Gasteiger partial charge is 0.223 e. The summed E-state index contributed by atoms with van der Waals surface area (Å²) >= 11 is 0. The normalized spacial score (nSPS) is 12.0. The van der Waals surface area contributed by atoms with E-state index in [0.717, 1.165) is 13.0 Å². The summed E-state index contributed by atoms with van der Waals surface area (Å²) in [5.74, 6) is -0.616. The second-order valence-electron chi connectivity index (χ2n) is 2.63. The van der Waals surface area contributed by atoms with Gasteiger partial charge in [-0.05, 0) is 6.42 Å². The summed E-state index contributed by atoms with van der Waals surface area (Å²) in [6.45, 7) is 4.94. The highest BCUT2D eigenvalue weighted by atomic mass is 16.7. The Morgan fingerprint density at radius 3 is 2.18 bits per heavy atom. The van der Waals surface area contributed by atoms with Gasteiger partial charge in [-0.2, -0.15) is 0 Å². The van der Waals surface area contributed by atoms with Gasteiger partial charge in [-0.3, -0.25) is 5.32 Å². The monoisotopic (exact) mass is 161 g/mol. The van der Waals surface area contributed by atoms with Crippen molar-refractivity contribution in [1.82, 2.24) is 5.32 Å². The standard InChI is InChI=1S/C8H19NO2/c1-5-6-7-9-8(2,10-3)11-4/h9H,5-7H2,1-4H3. The van der Waals surface area contributed by atoms with Crippen LogP contribution in [0.3, 0.4) is 0 Å². The Bertz CT molecular complexity index is 92.1. The predicted molar refractivity (Wildman–Crippen MR) is 45.3 cm³/mol. The van der Waals surface area contributed by atoms with Crippen LogP contribution in [0.5, 0.6) is 0 Å². The molecule has 68 valence electrons. The molecule has 0 amide bonds.